The van der Waals surface area contributed by atoms with E-state index in [1.807, 2.05) is 12.2 Å². The Kier molecular flexibility index (Phi) is 2.65. The molecule has 0 spiro atoms. The van der Waals surface area contributed by atoms with Crippen LogP contribution in [-0.4, -0.2) is 32.5 Å². The molecule has 0 aromatic heterocycles. The fraction of sp³-hybridized carbons (Fsp3) is 0.750. The quantitative estimate of drug-likeness (QED) is 0.562. The molecule has 3 nitrogen and oxygen atoms in total. The van der Waals surface area contributed by atoms with Crippen molar-refractivity contribution in [1.82, 2.24) is 5.73 Å². The van der Waals surface area contributed by atoms with Crippen LogP contribution in [0, 0.1) is 0 Å². The van der Waals surface area contributed by atoms with Crippen LogP contribution < -0.4 is 5.73 Å². The Balaban J connectivity index is 2.57. The summed E-state index contributed by atoms with van der Waals surface area (Å²) >= 11 is 0. The average molecular weight is 156 g/mol. The van der Waals surface area contributed by atoms with Crippen molar-refractivity contribution in [3.8, 4) is 0 Å². The zero-order chi connectivity index (χ0) is 8.32. The summed E-state index contributed by atoms with van der Waals surface area (Å²) in [5, 5.41) is 0. The predicted octanol–water partition coefficient (Wildman–Crippen LogP) is 0.629. The molecule has 0 saturated heterocycles. The van der Waals surface area contributed by atoms with Crippen LogP contribution in [0.5, 0.6) is 0 Å². The molecule has 2 unspecified atom stereocenters. The fourth-order valence-corrected chi connectivity index (χ4v) is 1.28. The Bertz CT molecular complexity index is 152. The van der Waals surface area contributed by atoms with Gasteiger partial charge in [-0.1, -0.05) is 12.2 Å². The van der Waals surface area contributed by atoms with Crippen molar-refractivity contribution >= 4 is 0 Å². The van der Waals surface area contributed by atoms with Crippen molar-refractivity contribution in [1.29, 1.82) is 0 Å². The summed E-state index contributed by atoms with van der Waals surface area (Å²) in [4.78, 5) is 0. The summed E-state index contributed by atoms with van der Waals surface area (Å²) in [6.07, 6.45) is 4.77. The van der Waals surface area contributed by atoms with Crippen LogP contribution in [0.25, 0.3) is 0 Å². The van der Waals surface area contributed by atoms with Gasteiger partial charge in [0.2, 0.25) is 0 Å². The minimum absolute atomic E-state index is 0.125. The van der Waals surface area contributed by atoms with E-state index in [0.29, 0.717) is 0 Å². The highest BCUT2D eigenvalue weighted by molar-refractivity contribution is 5.14. The lowest BCUT2D eigenvalue weighted by molar-refractivity contribution is 0.00810. The Hall–Kier alpha value is -0.380. The van der Waals surface area contributed by atoms with Crippen LogP contribution in [0.3, 0.4) is 0 Å². The van der Waals surface area contributed by atoms with Gasteiger partial charge in [0, 0.05) is 27.2 Å². The largest absolute Gasteiger partial charge is 0.377 e. The fourth-order valence-electron chi connectivity index (χ4n) is 1.28. The first-order chi connectivity index (χ1) is 5.26. The van der Waals surface area contributed by atoms with E-state index in [4.69, 9.17) is 15.2 Å². The van der Waals surface area contributed by atoms with Crippen LogP contribution >= 0.6 is 0 Å². The molecule has 0 aliphatic heterocycles. The number of ether oxygens (including phenoxy) is 2. The van der Waals surface area contributed by atoms with Gasteiger partial charge in [-0.3, -0.25) is 5.73 Å². The van der Waals surface area contributed by atoms with E-state index in [1.165, 1.54) is 0 Å². The zero-order valence-electron chi connectivity index (χ0n) is 6.96. The van der Waals surface area contributed by atoms with E-state index < -0.39 is 0 Å². The number of rotatable bonds is 3. The second-order valence-electron chi connectivity index (χ2n) is 2.78. The van der Waals surface area contributed by atoms with Crippen LogP contribution in [-0.2, 0) is 9.47 Å². The second-order valence-corrected chi connectivity index (χ2v) is 2.78. The molecule has 11 heavy (non-hydrogen) atoms. The molecule has 1 rings (SSSR count). The van der Waals surface area contributed by atoms with Gasteiger partial charge in [-0.2, -0.15) is 0 Å². The van der Waals surface area contributed by atoms with Gasteiger partial charge < -0.3 is 9.47 Å². The van der Waals surface area contributed by atoms with Gasteiger partial charge in [-0.25, -0.2) is 0 Å². The van der Waals surface area contributed by atoms with Crippen LogP contribution in [0.2, 0.25) is 0 Å². The molecule has 1 radical (unpaired) electrons. The first kappa shape index (κ1) is 8.71. The van der Waals surface area contributed by atoms with Gasteiger partial charge >= 0.3 is 0 Å². The van der Waals surface area contributed by atoms with Crippen molar-refractivity contribution in [2.75, 3.05) is 20.8 Å². The number of methoxy groups -OCH3 is 2. The van der Waals surface area contributed by atoms with Gasteiger partial charge in [-0.15, -0.1) is 0 Å². The zero-order valence-corrected chi connectivity index (χ0v) is 6.96. The maximum atomic E-state index is 7.28. The lowest BCUT2D eigenvalue weighted by Gasteiger charge is -2.24. The van der Waals surface area contributed by atoms with Crippen molar-refractivity contribution in [2.24, 2.45) is 0 Å². The van der Waals surface area contributed by atoms with Crippen LogP contribution in [0.15, 0.2) is 12.2 Å². The molecular formula is C8H14NO2. The summed E-state index contributed by atoms with van der Waals surface area (Å²) in [5.41, 5.74) is 6.89. The van der Waals surface area contributed by atoms with E-state index in [1.54, 1.807) is 14.2 Å². The third-order valence-corrected chi connectivity index (χ3v) is 2.17. The molecule has 2 atom stereocenters. The minimum atomic E-state index is -0.388. The molecule has 1 N–H and O–H groups in total. The molecule has 1 aliphatic rings. The van der Waals surface area contributed by atoms with Gasteiger partial charge in [0.05, 0.1) is 6.10 Å². The number of hydrogen-bond acceptors (Lipinski definition) is 2. The summed E-state index contributed by atoms with van der Waals surface area (Å²) in [5.74, 6) is 0. The normalized spacial score (nSPS) is 36.5. The Morgan fingerprint density at radius 3 is 2.64 bits per heavy atom. The molecule has 1 aliphatic carbocycles. The highest BCUT2D eigenvalue weighted by Crippen LogP contribution is 2.26. The van der Waals surface area contributed by atoms with Crippen LogP contribution in [0.4, 0.5) is 0 Å². The van der Waals surface area contributed by atoms with E-state index in [9.17, 15) is 0 Å². The monoisotopic (exact) mass is 156 g/mol. The molecule has 0 saturated carbocycles. The van der Waals surface area contributed by atoms with E-state index >= 15 is 0 Å². The summed E-state index contributed by atoms with van der Waals surface area (Å²) in [6, 6.07) is 0. The van der Waals surface area contributed by atoms with Crippen molar-refractivity contribution in [2.45, 2.75) is 18.1 Å². The summed E-state index contributed by atoms with van der Waals surface area (Å²) < 4.78 is 10.3. The third-order valence-electron chi connectivity index (χ3n) is 2.17. The average Bonchev–Trinajstić information content (AvgIpc) is 2.49. The molecule has 0 aromatic carbocycles. The number of hydrogen-bond donors (Lipinski definition) is 0. The maximum absolute atomic E-state index is 7.28. The lowest BCUT2D eigenvalue weighted by atomic mass is 10.0. The molecule has 3 heteroatoms. The first-order valence-corrected chi connectivity index (χ1v) is 3.68. The van der Waals surface area contributed by atoms with Gasteiger partial charge in [0.1, 0.15) is 5.60 Å². The summed E-state index contributed by atoms with van der Waals surface area (Å²) in [7, 11) is 3.31. The molecule has 0 amide bonds. The van der Waals surface area contributed by atoms with Gasteiger partial charge in [0.25, 0.3) is 0 Å². The SMILES string of the molecule is COC1C=CC(C[NH])(OC)C1. The van der Waals surface area contributed by atoms with Crippen molar-refractivity contribution in [3.05, 3.63) is 12.2 Å². The topological polar surface area (TPSA) is 42.3 Å². The summed E-state index contributed by atoms with van der Waals surface area (Å²) in [6.45, 7) is 0.264. The molecular weight excluding hydrogens is 142 g/mol. The van der Waals surface area contributed by atoms with Crippen molar-refractivity contribution < 1.29 is 9.47 Å². The van der Waals surface area contributed by atoms with Gasteiger partial charge in [-0.05, 0) is 0 Å². The molecule has 0 bridgehead atoms. The smallest absolute Gasteiger partial charge is 0.102 e. The predicted molar refractivity (Wildman–Crippen MR) is 42.3 cm³/mol. The Labute approximate surface area is 67.2 Å². The highest BCUT2D eigenvalue weighted by atomic mass is 16.5. The second kappa shape index (κ2) is 3.34. The van der Waals surface area contributed by atoms with Crippen LogP contribution in [0.1, 0.15) is 6.42 Å². The Morgan fingerprint density at radius 2 is 2.36 bits per heavy atom. The van der Waals surface area contributed by atoms with E-state index in [2.05, 4.69) is 0 Å². The van der Waals surface area contributed by atoms with Gasteiger partial charge in [0.15, 0.2) is 0 Å². The molecule has 0 fully saturated rings. The highest BCUT2D eigenvalue weighted by Gasteiger charge is 2.33. The van der Waals surface area contributed by atoms with E-state index in [0.717, 1.165) is 6.42 Å². The Morgan fingerprint density at radius 1 is 1.64 bits per heavy atom. The minimum Gasteiger partial charge on any atom is -0.377 e. The standard InChI is InChI=1S/C8H14NO2/c1-10-7-3-4-8(5-7,6-9)11-2/h3-4,7,9H,5-6H2,1-2H3. The third kappa shape index (κ3) is 1.61. The number of nitrogens with one attached hydrogen (secondary N) is 1. The first-order valence-electron chi connectivity index (χ1n) is 3.68. The maximum Gasteiger partial charge on any atom is 0.102 e. The molecule has 0 heterocycles. The van der Waals surface area contributed by atoms with Crippen molar-refractivity contribution in [3.63, 3.8) is 0 Å². The lowest BCUT2D eigenvalue weighted by Crippen LogP contribution is -2.33. The van der Waals surface area contributed by atoms with E-state index in [-0.39, 0.29) is 18.2 Å². The molecule has 63 valence electrons. The molecule has 0 aromatic rings.